The van der Waals surface area contributed by atoms with Crippen molar-refractivity contribution >= 4 is 34.1 Å². The molecule has 1 aromatic carbocycles. The second kappa shape index (κ2) is 8.40. The summed E-state index contributed by atoms with van der Waals surface area (Å²) in [6.45, 7) is 6.50. The van der Waals surface area contributed by atoms with Crippen molar-refractivity contribution in [1.29, 1.82) is 0 Å². The molecule has 1 fully saturated rings. The summed E-state index contributed by atoms with van der Waals surface area (Å²) in [7, 11) is 0. The van der Waals surface area contributed by atoms with Gasteiger partial charge in [-0.1, -0.05) is 17.7 Å². The smallest absolute Gasteiger partial charge is 0.280 e. The van der Waals surface area contributed by atoms with Gasteiger partial charge in [0.1, 0.15) is 5.82 Å². The Morgan fingerprint density at radius 1 is 1.10 bits per heavy atom. The van der Waals surface area contributed by atoms with Gasteiger partial charge in [-0.25, -0.2) is 9.97 Å². The fraction of sp³-hybridized carbons (Fsp3) is 0.391. The summed E-state index contributed by atoms with van der Waals surface area (Å²) in [4.78, 5) is 30.5. The zero-order valence-electron chi connectivity index (χ0n) is 17.6. The number of hydrogen-bond donors (Lipinski definition) is 0. The highest BCUT2D eigenvalue weighted by Crippen LogP contribution is 2.25. The predicted molar refractivity (Wildman–Crippen MR) is 123 cm³/mol. The molecule has 1 saturated heterocycles. The van der Waals surface area contributed by atoms with Crippen LogP contribution in [0.5, 0.6) is 0 Å². The van der Waals surface area contributed by atoms with Crippen molar-refractivity contribution in [2.75, 3.05) is 31.1 Å². The van der Waals surface area contributed by atoms with Gasteiger partial charge < -0.3 is 9.47 Å². The molecule has 7 nitrogen and oxygen atoms in total. The van der Waals surface area contributed by atoms with E-state index < -0.39 is 0 Å². The minimum absolute atomic E-state index is 0.234. The monoisotopic (exact) mass is 436 g/mol. The quantitative estimate of drug-likeness (QED) is 0.623. The first-order valence-electron chi connectivity index (χ1n) is 10.8. The minimum Gasteiger partial charge on any atom is -0.341 e. The zero-order chi connectivity index (χ0) is 21.4. The number of hydrogen-bond acceptors (Lipinski definition) is 6. The Labute approximate surface area is 186 Å². The maximum Gasteiger partial charge on any atom is 0.280 e. The number of fused-ring (bicyclic) bond motifs is 1. The molecule has 3 aromatic rings. The normalized spacial score (nSPS) is 17.4. The Morgan fingerprint density at radius 2 is 1.94 bits per heavy atom. The molecule has 2 aliphatic heterocycles. The van der Waals surface area contributed by atoms with Crippen molar-refractivity contribution in [2.24, 2.45) is 0 Å². The standard InChI is InChI=1S/C23H25ClN6O/c1-16-26-22(31)20-14-17(24)4-5-21(20)30(16)19-7-12-28(13-8-19)15-18-6-9-25-23(27-18)29-10-2-3-11-29/h4-7,9,14H,2-3,8,10-13,15H2,1H3. The molecule has 160 valence electrons. The van der Waals surface area contributed by atoms with Crippen LogP contribution in [0.15, 0.2) is 41.3 Å². The van der Waals surface area contributed by atoms with E-state index in [4.69, 9.17) is 16.6 Å². The number of nitrogens with zero attached hydrogens (tertiary/aromatic N) is 6. The van der Waals surface area contributed by atoms with Crippen molar-refractivity contribution < 1.29 is 0 Å². The lowest BCUT2D eigenvalue weighted by atomic mass is 10.1. The average Bonchev–Trinajstić information content (AvgIpc) is 3.31. The number of benzene rings is 1. The van der Waals surface area contributed by atoms with Crippen molar-refractivity contribution in [3.63, 3.8) is 0 Å². The Morgan fingerprint density at radius 3 is 2.71 bits per heavy atom. The molecule has 0 bridgehead atoms. The van der Waals surface area contributed by atoms with Crippen LogP contribution in [0.3, 0.4) is 0 Å². The summed E-state index contributed by atoms with van der Waals surface area (Å²) >= 11 is 6.11. The summed E-state index contributed by atoms with van der Waals surface area (Å²) in [5.74, 6) is 1.55. The van der Waals surface area contributed by atoms with E-state index in [0.717, 1.165) is 62.0 Å². The SMILES string of the molecule is Cc1nc(=O)c2cc(Cl)ccc2n1C1=CCN(Cc2ccnc(N3CCCC3)n2)CC1. The maximum absolute atomic E-state index is 12.3. The van der Waals surface area contributed by atoms with E-state index in [-0.39, 0.29) is 5.56 Å². The van der Waals surface area contributed by atoms with Crippen LogP contribution in [-0.4, -0.2) is 50.6 Å². The lowest BCUT2D eigenvalue weighted by Crippen LogP contribution is -2.30. The van der Waals surface area contributed by atoms with Crippen LogP contribution in [0.25, 0.3) is 16.6 Å². The third-order valence-electron chi connectivity index (χ3n) is 6.05. The number of anilines is 1. The molecule has 31 heavy (non-hydrogen) atoms. The summed E-state index contributed by atoms with van der Waals surface area (Å²) < 4.78 is 2.08. The first kappa shape index (κ1) is 20.2. The molecule has 0 spiro atoms. The third kappa shape index (κ3) is 4.07. The largest absolute Gasteiger partial charge is 0.341 e. The Kier molecular flexibility index (Phi) is 5.46. The topological polar surface area (TPSA) is 67.2 Å². The fourth-order valence-electron chi connectivity index (χ4n) is 4.49. The van der Waals surface area contributed by atoms with Crippen LogP contribution >= 0.6 is 11.6 Å². The van der Waals surface area contributed by atoms with Crippen molar-refractivity contribution in [1.82, 2.24) is 24.4 Å². The Hall–Kier alpha value is -2.77. The van der Waals surface area contributed by atoms with Crippen LogP contribution in [-0.2, 0) is 6.54 Å². The highest BCUT2D eigenvalue weighted by Gasteiger charge is 2.19. The van der Waals surface area contributed by atoms with Crippen molar-refractivity contribution in [3.8, 4) is 0 Å². The van der Waals surface area contributed by atoms with Gasteiger partial charge in [0.15, 0.2) is 0 Å². The molecule has 2 aliphatic rings. The third-order valence-corrected chi connectivity index (χ3v) is 6.28. The van der Waals surface area contributed by atoms with E-state index in [1.165, 1.54) is 12.8 Å². The summed E-state index contributed by atoms with van der Waals surface area (Å²) in [6, 6.07) is 7.43. The summed E-state index contributed by atoms with van der Waals surface area (Å²) in [5, 5.41) is 1.10. The predicted octanol–water partition coefficient (Wildman–Crippen LogP) is 3.50. The van der Waals surface area contributed by atoms with Gasteiger partial charge in [-0.05, 0) is 44.0 Å². The van der Waals surface area contributed by atoms with Gasteiger partial charge in [-0.2, -0.15) is 4.98 Å². The van der Waals surface area contributed by atoms with Gasteiger partial charge in [0, 0.05) is 56.1 Å². The molecule has 0 radical (unpaired) electrons. The van der Waals surface area contributed by atoms with Crippen molar-refractivity contribution in [3.05, 3.63) is 63.4 Å². The van der Waals surface area contributed by atoms with E-state index in [0.29, 0.717) is 16.2 Å². The van der Waals surface area contributed by atoms with Crippen LogP contribution in [0.4, 0.5) is 5.95 Å². The summed E-state index contributed by atoms with van der Waals surface area (Å²) in [5.41, 5.74) is 2.83. The molecule has 0 unspecified atom stereocenters. The van der Waals surface area contributed by atoms with Gasteiger partial charge in [-0.3, -0.25) is 9.69 Å². The van der Waals surface area contributed by atoms with E-state index in [1.54, 1.807) is 6.07 Å². The highest BCUT2D eigenvalue weighted by atomic mass is 35.5. The van der Waals surface area contributed by atoms with Gasteiger partial charge in [0.2, 0.25) is 5.95 Å². The Balaban J connectivity index is 1.36. The van der Waals surface area contributed by atoms with Crippen LogP contribution in [0, 0.1) is 6.92 Å². The molecule has 2 aromatic heterocycles. The lowest BCUT2D eigenvalue weighted by molar-refractivity contribution is 0.288. The molecule has 0 N–H and O–H groups in total. The molecule has 0 saturated carbocycles. The first-order valence-corrected chi connectivity index (χ1v) is 11.1. The van der Waals surface area contributed by atoms with Crippen LogP contribution in [0.1, 0.15) is 30.8 Å². The molecular formula is C23H25ClN6O. The van der Waals surface area contributed by atoms with E-state index in [1.807, 2.05) is 31.3 Å². The number of aromatic nitrogens is 4. The minimum atomic E-state index is -0.234. The van der Waals surface area contributed by atoms with Gasteiger partial charge in [0.05, 0.1) is 16.6 Å². The molecule has 4 heterocycles. The number of halogens is 1. The highest BCUT2D eigenvalue weighted by molar-refractivity contribution is 6.31. The van der Waals surface area contributed by atoms with Gasteiger partial charge in [-0.15, -0.1) is 0 Å². The molecule has 8 heteroatoms. The van der Waals surface area contributed by atoms with Gasteiger partial charge >= 0.3 is 0 Å². The second-order valence-corrected chi connectivity index (χ2v) is 8.62. The number of aryl methyl sites for hydroxylation is 1. The second-order valence-electron chi connectivity index (χ2n) is 8.18. The Bertz CT molecular complexity index is 1210. The molecule has 0 aliphatic carbocycles. The fourth-order valence-corrected chi connectivity index (χ4v) is 4.66. The van der Waals surface area contributed by atoms with E-state index in [9.17, 15) is 4.79 Å². The molecular weight excluding hydrogens is 412 g/mol. The maximum atomic E-state index is 12.3. The zero-order valence-corrected chi connectivity index (χ0v) is 18.3. The molecule has 0 atom stereocenters. The first-order chi connectivity index (χ1) is 15.1. The molecule has 5 rings (SSSR count). The van der Waals surface area contributed by atoms with Crippen molar-refractivity contribution in [2.45, 2.75) is 32.7 Å². The van der Waals surface area contributed by atoms with E-state index >= 15 is 0 Å². The average molecular weight is 437 g/mol. The van der Waals surface area contributed by atoms with Crippen LogP contribution in [0.2, 0.25) is 5.02 Å². The van der Waals surface area contributed by atoms with E-state index in [2.05, 4.69) is 30.4 Å². The summed E-state index contributed by atoms with van der Waals surface area (Å²) in [6.07, 6.45) is 7.39. The van der Waals surface area contributed by atoms with Crippen LogP contribution < -0.4 is 10.5 Å². The lowest BCUT2D eigenvalue weighted by Gasteiger charge is -2.28. The number of rotatable bonds is 4. The molecule has 0 amide bonds. The van der Waals surface area contributed by atoms with Gasteiger partial charge in [0.25, 0.3) is 5.56 Å².